The molecule has 0 unspecified atom stereocenters. The van der Waals surface area contributed by atoms with E-state index in [1.165, 1.54) is 12.1 Å². The van der Waals surface area contributed by atoms with Crippen LogP contribution in [-0.4, -0.2) is 4.98 Å². The van der Waals surface area contributed by atoms with Gasteiger partial charge in [0.2, 0.25) is 0 Å². The summed E-state index contributed by atoms with van der Waals surface area (Å²) in [7, 11) is 0. The Morgan fingerprint density at radius 3 is 2.67 bits per heavy atom. The number of rotatable bonds is 4. The van der Waals surface area contributed by atoms with Crippen molar-refractivity contribution >= 4 is 0 Å². The Hall–Kier alpha value is -1.94. The van der Waals surface area contributed by atoms with E-state index >= 15 is 0 Å². The molecule has 18 heavy (non-hydrogen) atoms. The van der Waals surface area contributed by atoms with Crippen molar-refractivity contribution in [2.75, 3.05) is 0 Å². The second-order valence-electron chi connectivity index (χ2n) is 4.11. The standard InChI is InChI=1S/C14H15FN2O/c1-10(16)13-3-2-12(15)8-14(13)18-9-11-4-6-17-7-5-11/h2-8,10H,9,16H2,1H3/t10-/m1/s1. The van der Waals surface area contributed by atoms with Crippen LogP contribution in [0.5, 0.6) is 5.75 Å². The first-order valence-electron chi connectivity index (χ1n) is 5.73. The number of nitrogens with zero attached hydrogens (tertiary/aromatic N) is 1. The summed E-state index contributed by atoms with van der Waals surface area (Å²) in [5.74, 6) is 0.158. The number of halogens is 1. The van der Waals surface area contributed by atoms with Crippen LogP contribution >= 0.6 is 0 Å². The van der Waals surface area contributed by atoms with Gasteiger partial charge in [-0.25, -0.2) is 4.39 Å². The zero-order valence-corrected chi connectivity index (χ0v) is 10.1. The Kier molecular flexibility index (Phi) is 3.89. The maximum atomic E-state index is 13.2. The van der Waals surface area contributed by atoms with E-state index in [0.717, 1.165) is 11.1 Å². The smallest absolute Gasteiger partial charge is 0.127 e. The summed E-state index contributed by atoms with van der Waals surface area (Å²) in [4.78, 5) is 3.92. The molecule has 0 saturated heterocycles. The number of pyridine rings is 1. The van der Waals surface area contributed by atoms with Gasteiger partial charge in [0.05, 0.1) is 0 Å². The summed E-state index contributed by atoms with van der Waals surface area (Å²) >= 11 is 0. The third kappa shape index (κ3) is 3.05. The Morgan fingerprint density at radius 2 is 2.00 bits per heavy atom. The van der Waals surface area contributed by atoms with Crippen LogP contribution in [0.15, 0.2) is 42.7 Å². The molecule has 0 saturated carbocycles. The molecule has 3 nitrogen and oxygen atoms in total. The zero-order valence-electron chi connectivity index (χ0n) is 10.1. The summed E-state index contributed by atoms with van der Waals surface area (Å²) < 4.78 is 18.8. The van der Waals surface area contributed by atoms with Gasteiger partial charge >= 0.3 is 0 Å². The first-order chi connectivity index (χ1) is 8.66. The van der Waals surface area contributed by atoms with Crippen molar-refractivity contribution < 1.29 is 9.13 Å². The summed E-state index contributed by atoms with van der Waals surface area (Å²) in [6.45, 7) is 2.21. The quantitative estimate of drug-likeness (QED) is 0.902. The van der Waals surface area contributed by atoms with E-state index in [1.807, 2.05) is 19.1 Å². The van der Waals surface area contributed by atoms with Crippen molar-refractivity contribution in [2.45, 2.75) is 19.6 Å². The highest BCUT2D eigenvalue weighted by atomic mass is 19.1. The molecule has 2 N–H and O–H groups in total. The van der Waals surface area contributed by atoms with Crippen molar-refractivity contribution in [1.29, 1.82) is 0 Å². The average Bonchev–Trinajstić information content (AvgIpc) is 2.37. The van der Waals surface area contributed by atoms with Gasteiger partial charge in [-0.1, -0.05) is 6.07 Å². The highest BCUT2D eigenvalue weighted by molar-refractivity contribution is 5.36. The minimum atomic E-state index is -0.330. The van der Waals surface area contributed by atoms with Gasteiger partial charge in [-0.15, -0.1) is 0 Å². The largest absolute Gasteiger partial charge is 0.488 e. The van der Waals surface area contributed by atoms with Crippen molar-refractivity contribution in [3.05, 3.63) is 59.7 Å². The Labute approximate surface area is 105 Å². The van der Waals surface area contributed by atoms with E-state index in [4.69, 9.17) is 10.5 Å². The summed E-state index contributed by atoms with van der Waals surface area (Å²) in [6.07, 6.45) is 3.38. The molecule has 1 aromatic heterocycles. The predicted molar refractivity (Wildman–Crippen MR) is 67.6 cm³/mol. The van der Waals surface area contributed by atoms with E-state index in [1.54, 1.807) is 18.5 Å². The second kappa shape index (κ2) is 5.60. The van der Waals surface area contributed by atoms with E-state index in [0.29, 0.717) is 12.4 Å². The summed E-state index contributed by atoms with van der Waals surface area (Å²) in [6, 6.07) is 7.91. The fourth-order valence-corrected chi connectivity index (χ4v) is 1.65. The fraction of sp³-hybridized carbons (Fsp3) is 0.214. The Bertz CT molecular complexity index is 514. The third-order valence-electron chi connectivity index (χ3n) is 2.61. The molecule has 2 aromatic rings. The van der Waals surface area contributed by atoms with Crippen LogP contribution in [0.1, 0.15) is 24.1 Å². The van der Waals surface area contributed by atoms with Gasteiger partial charge in [-0.2, -0.15) is 0 Å². The normalized spacial score (nSPS) is 12.2. The molecule has 1 heterocycles. The first kappa shape index (κ1) is 12.5. The molecular weight excluding hydrogens is 231 g/mol. The molecule has 0 aliphatic rings. The van der Waals surface area contributed by atoms with Crippen molar-refractivity contribution in [1.82, 2.24) is 4.98 Å². The van der Waals surface area contributed by atoms with Crippen molar-refractivity contribution in [2.24, 2.45) is 5.73 Å². The van der Waals surface area contributed by atoms with Crippen LogP contribution in [0.25, 0.3) is 0 Å². The monoisotopic (exact) mass is 246 g/mol. The van der Waals surface area contributed by atoms with E-state index < -0.39 is 0 Å². The number of hydrogen-bond donors (Lipinski definition) is 1. The third-order valence-corrected chi connectivity index (χ3v) is 2.61. The molecule has 0 fully saturated rings. The number of benzene rings is 1. The molecular formula is C14H15FN2O. The lowest BCUT2D eigenvalue weighted by atomic mass is 10.1. The maximum absolute atomic E-state index is 13.2. The molecule has 0 aliphatic carbocycles. The van der Waals surface area contributed by atoms with Crippen LogP contribution in [0, 0.1) is 5.82 Å². The molecule has 4 heteroatoms. The SMILES string of the molecule is C[C@@H](N)c1ccc(F)cc1OCc1ccncc1. The lowest BCUT2D eigenvalue weighted by Crippen LogP contribution is -2.08. The molecule has 1 atom stereocenters. The molecule has 0 spiro atoms. The second-order valence-corrected chi connectivity index (χ2v) is 4.11. The molecule has 1 aromatic carbocycles. The van der Waals surface area contributed by atoms with Gasteiger partial charge in [0.1, 0.15) is 18.2 Å². The maximum Gasteiger partial charge on any atom is 0.127 e. The van der Waals surface area contributed by atoms with E-state index in [-0.39, 0.29) is 11.9 Å². The van der Waals surface area contributed by atoms with Crippen LogP contribution < -0.4 is 10.5 Å². The van der Waals surface area contributed by atoms with Crippen LogP contribution in [-0.2, 0) is 6.61 Å². The van der Waals surface area contributed by atoms with E-state index in [2.05, 4.69) is 4.98 Å². The van der Waals surface area contributed by atoms with Crippen LogP contribution in [0.2, 0.25) is 0 Å². The molecule has 0 radical (unpaired) electrons. The van der Waals surface area contributed by atoms with Gasteiger partial charge in [0, 0.05) is 30.1 Å². The molecule has 2 rings (SSSR count). The molecule has 0 bridgehead atoms. The summed E-state index contributed by atoms with van der Waals surface area (Å²) in [5, 5.41) is 0. The van der Waals surface area contributed by atoms with Crippen molar-refractivity contribution in [3.8, 4) is 5.75 Å². The number of aromatic nitrogens is 1. The molecule has 0 aliphatic heterocycles. The average molecular weight is 246 g/mol. The number of nitrogens with two attached hydrogens (primary N) is 1. The van der Waals surface area contributed by atoms with Crippen LogP contribution in [0.3, 0.4) is 0 Å². The topological polar surface area (TPSA) is 48.1 Å². The van der Waals surface area contributed by atoms with Gasteiger partial charge in [0.25, 0.3) is 0 Å². The highest BCUT2D eigenvalue weighted by Crippen LogP contribution is 2.25. The van der Waals surface area contributed by atoms with Gasteiger partial charge in [-0.05, 0) is 30.7 Å². The fourth-order valence-electron chi connectivity index (χ4n) is 1.65. The van der Waals surface area contributed by atoms with Crippen molar-refractivity contribution in [3.63, 3.8) is 0 Å². The molecule has 0 amide bonds. The summed E-state index contributed by atoms with van der Waals surface area (Å²) in [5.41, 5.74) is 7.59. The minimum absolute atomic E-state index is 0.196. The van der Waals surface area contributed by atoms with Crippen LogP contribution in [0.4, 0.5) is 4.39 Å². The lowest BCUT2D eigenvalue weighted by Gasteiger charge is -2.14. The Balaban J connectivity index is 2.15. The zero-order chi connectivity index (χ0) is 13.0. The van der Waals surface area contributed by atoms with Gasteiger partial charge < -0.3 is 10.5 Å². The predicted octanol–water partition coefficient (Wildman–Crippen LogP) is 2.82. The van der Waals surface area contributed by atoms with Gasteiger partial charge in [-0.3, -0.25) is 4.98 Å². The lowest BCUT2D eigenvalue weighted by molar-refractivity contribution is 0.299. The molecule has 94 valence electrons. The first-order valence-corrected chi connectivity index (χ1v) is 5.73. The van der Waals surface area contributed by atoms with Gasteiger partial charge in [0.15, 0.2) is 0 Å². The number of ether oxygens (including phenoxy) is 1. The number of hydrogen-bond acceptors (Lipinski definition) is 3. The van der Waals surface area contributed by atoms with E-state index in [9.17, 15) is 4.39 Å². The highest BCUT2D eigenvalue weighted by Gasteiger charge is 2.09. The minimum Gasteiger partial charge on any atom is -0.488 e. The Morgan fingerprint density at radius 1 is 1.28 bits per heavy atom.